The van der Waals surface area contributed by atoms with Crippen molar-refractivity contribution in [1.29, 1.82) is 0 Å². The number of hydrogen-bond donors (Lipinski definition) is 1. The molecule has 0 saturated carbocycles. The predicted molar refractivity (Wildman–Crippen MR) is 124 cm³/mol. The Balaban J connectivity index is 1.35. The number of nitrogens with one attached hydrogen (secondary N) is 1. The van der Waals surface area contributed by atoms with E-state index in [1.165, 1.54) is 0 Å². The highest BCUT2D eigenvalue weighted by Gasteiger charge is 2.15. The van der Waals surface area contributed by atoms with Crippen LogP contribution in [0.5, 0.6) is 0 Å². The molecule has 0 bridgehead atoms. The number of carbonyl (C=O) groups is 1. The zero-order valence-electron chi connectivity index (χ0n) is 16.7. The van der Waals surface area contributed by atoms with Crippen LogP contribution >= 0.6 is 23.2 Å². The van der Waals surface area contributed by atoms with Crippen molar-refractivity contribution in [3.8, 4) is 22.8 Å². The number of anilines is 1. The maximum Gasteiger partial charge on any atom is 0.291 e. The standard InChI is InChI=1S/C24H15Cl2N3O3/c1-13-11-15(24-29-22-20(32-24)3-2-10-27-22)5-7-18(13)28-23(30)21-9-8-19(31-21)14-4-6-16(25)17(26)12-14/h2-12H,1H3,(H,28,30). The van der Waals surface area contributed by atoms with Crippen LogP contribution in [-0.2, 0) is 0 Å². The van der Waals surface area contributed by atoms with Gasteiger partial charge in [0, 0.05) is 23.0 Å². The molecule has 8 heteroatoms. The number of oxazole rings is 1. The number of amides is 1. The lowest BCUT2D eigenvalue weighted by Gasteiger charge is -2.08. The van der Waals surface area contributed by atoms with Gasteiger partial charge in [0.15, 0.2) is 17.0 Å². The molecular weight excluding hydrogens is 449 g/mol. The highest BCUT2D eigenvalue weighted by molar-refractivity contribution is 6.42. The lowest BCUT2D eigenvalue weighted by Crippen LogP contribution is -2.11. The zero-order chi connectivity index (χ0) is 22.2. The van der Waals surface area contributed by atoms with E-state index in [1.807, 2.05) is 25.1 Å². The first-order valence-corrected chi connectivity index (χ1v) is 10.4. The van der Waals surface area contributed by atoms with Gasteiger partial charge in [0.05, 0.1) is 10.0 Å². The van der Waals surface area contributed by atoms with Crippen molar-refractivity contribution in [2.75, 3.05) is 5.32 Å². The zero-order valence-corrected chi connectivity index (χ0v) is 18.2. The normalized spacial score (nSPS) is 11.1. The Kier molecular flexibility index (Phi) is 5.17. The summed E-state index contributed by atoms with van der Waals surface area (Å²) in [7, 11) is 0. The van der Waals surface area contributed by atoms with Gasteiger partial charge in [-0.25, -0.2) is 4.98 Å². The highest BCUT2D eigenvalue weighted by atomic mass is 35.5. The summed E-state index contributed by atoms with van der Waals surface area (Å²) in [6, 6.07) is 17.6. The third-order valence-electron chi connectivity index (χ3n) is 4.92. The molecule has 1 N–H and O–H groups in total. The Morgan fingerprint density at radius 3 is 2.56 bits per heavy atom. The number of halogens is 2. The number of benzene rings is 2. The largest absolute Gasteiger partial charge is 0.451 e. The first kappa shape index (κ1) is 20.3. The van der Waals surface area contributed by atoms with Gasteiger partial charge in [-0.15, -0.1) is 0 Å². The van der Waals surface area contributed by atoms with Crippen molar-refractivity contribution in [1.82, 2.24) is 9.97 Å². The minimum Gasteiger partial charge on any atom is -0.451 e. The van der Waals surface area contributed by atoms with Crippen LogP contribution in [0.2, 0.25) is 10.0 Å². The minimum absolute atomic E-state index is 0.180. The lowest BCUT2D eigenvalue weighted by molar-refractivity contribution is 0.0997. The van der Waals surface area contributed by atoms with Crippen molar-refractivity contribution in [3.63, 3.8) is 0 Å². The summed E-state index contributed by atoms with van der Waals surface area (Å²) in [4.78, 5) is 21.3. The lowest BCUT2D eigenvalue weighted by atomic mass is 10.1. The van der Waals surface area contributed by atoms with E-state index in [1.54, 1.807) is 48.7 Å². The van der Waals surface area contributed by atoms with Crippen LogP contribution in [0.25, 0.3) is 34.0 Å². The number of aryl methyl sites for hydroxylation is 1. The van der Waals surface area contributed by atoms with Gasteiger partial charge in [0.2, 0.25) is 5.89 Å². The second-order valence-electron chi connectivity index (χ2n) is 7.12. The third-order valence-corrected chi connectivity index (χ3v) is 5.66. The molecule has 158 valence electrons. The molecule has 0 aliphatic heterocycles. The van der Waals surface area contributed by atoms with Crippen molar-refractivity contribution in [2.24, 2.45) is 0 Å². The Labute approximate surface area is 192 Å². The molecule has 0 spiro atoms. The average molecular weight is 464 g/mol. The number of hydrogen-bond acceptors (Lipinski definition) is 5. The molecule has 6 nitrogen and oxygen atoms in total. The molecule has 0 saturated heterocycles. The maximum absolute atomic E-state index is 12.7. The molecule has 1 amide bonds. The highest BCUT2D eigenvalue weighted by Crippen LogP contribution is 2.30. The predicted octanol–water partition coefficient (Wildman–Crippen LogP) is 7.02. The van der Waals surface area contributed by atoms with E-state index in [0.29, 0.717) is 38.6 Å². The minimum atomic E-state index is -0.363. The molecule has 2 aromatic carbocycles. The van der Waals surface area contributed by atoms with Crippen LogP contribution in [0, 0.1) is 6.92 Å². The number of pyridine rings is 1. The SMILES string of the molecule is Cc1cc(-c2nc3ncccc3o2)ccc1NC(=O)c1ccc(-c2ccc(Cl)c(Cl)c2)o1. The van der Waals surface area contributed by atoms with Gasteiger partial charge in [0.1, 0.15) is 5.76 Å². The Bertz CT molecular complexity index is 1440. The molecular formula is C24H15Cl2N3O3. The summed E-state index contributed by atoms with van der Waals surface area (Å²) >= 11 is 12.0. The summed E-state index contributed by atoms with van der Waals surface area (Å²) in [5.41, 5.74) is 4.19. The number of fused-ring (bicyclic) bond motifs is 1. The number of aromatic nitrogens is 2. The van der Waals surface area contributed by atoms with Gasteiger partial charge in [-0.05, 0) is 73.2 Å². The Hall–Kier alpha value is -3.61. The van der Waals surface area contributed by atoms with Crippen LogP contribution < -0.4 is 5.32 Å². The van der Waals surface area contributed by atoms with Crippen molar-refractivity contribution in [3.05, 3.63) is 88.2 Å². The number of rotatable bonds is 4. The van der Waals surface area contributed by atoms with Crippen LogP contribution in [0.15, 0.2) is 75.7 Å². The number of furan rings is 1. The van der Waals surface area contributed by atoms with E-state index in [0.717, 1.165) is 16.7 Å². The second-order valence-corrected chi connectivity index (χ2v) is 7.94. The number of carbonyl (C=O) groups excluding carboxylic acids is 1. The Morgan fingerprint density at radius 1 is 0.938 bits per heavy atom. The fourth-order valence-electron chi connectivity index (χ4n) is 3.28. The topological polar surface area (TPSA) is 81.2 Å². The summed E-state index contributed by atoms with van der Waals surface area (Å²) in [5.74, 6) is 0.806. The molecule has 0 aliphatic carbocycles. The fourth-order valence-corrected chi connectivity index (χ4v) is 3.58. The smallest absolute Gasteiger partial charge is 0.291 e. The van der Waals surface area contributed by atoms with Crippen LogP contribution in [0.3, 0.4) is 0 Å². The molecule has 32 heavy (non-hydrogen) atoms. The molecule has 0 atom stereocenters. The molecule has 5 rings (SSSR count). The van der Waals surface area contributed by atoms with Gasteiger partial charge < -0.3 is 14.2 Å². The first-order valence-electron chi connectivity index (χ1n) is 9.67. The van der Waals surface area contributed by atoms with E-state index in [2.05, 4.69) is 15.3 Å². The summed E-state index contributed by atoms with van der Waals surface area (Å²) in [6.07, 6.45) is 1.67. The third kappa shape index (κ3) is 3.86. The van der Waals surface area contributed by atoms with Gasteiger partial charge >= 0.3 is 0 Å². The van der Waals surface area contributed by atoms with Crippen molar-refractivity contribution >= 4 is 46.0 Å². The van der Waals surface area contributed by atoms with Gasteiger partial charge in [-0.1, -0.05) is 23.2 Å². The van der Waals surface area contributed by atoms with E-state index in [-0.39, 0.29) is 11.7 Å². The van der Waals surface area contributed by atoms with Gasteiger partial charge in [-0.3, -0.25) is 4.79 Å². The molecule has 0 fully saturated rings. The second kappa shape index (κ2) is 8.15. The molecule has 0 radical (unpaired) electrons. The van der Waals surface area contributed by atoms with Gasteiger partial charge in [-0.2, -0.15) is 4.98 Å². The molecule has 5 aromatic rings. The van der Waals surface area contributed by atoms with E-state index >= 15 is 0 Å². The fraction of sp³-hybridized carbons (Fsp3) is 0.0417. The van der Waals surface area contributed by atoms with E-state index < -0.39 is 0 Å². The molecule has 0 unspecified atom stereocenters. The average Bonchev–Trinajstić information content (AvgIpc) is 3.44. The van der Waals surface area contributed by atoms with Gasteiger partial charge in [0.25, 0.3) is 5.91 Å². The monoisotopic (exact) mass is 463 g/mol. The maximum atomic E-state index is 12.7. The molecule has 3 aromatic heterocycles. The van der Waals surface area contributed by atoms with E-state index in [9.17, 15) is 4.79 Å². The summed E-state index contributed by atoms with van der Waals surface area (Å²) < 4.78 is 11.5. The van der Waals surface area contributed by atoms with Crippen molar-refractivity contribution < 1.29 is 13.6 Å². The Morgan fingerprint density at radius 2 is 1.78 bits per heavy atom. The molecule has 0 aliphatic rings. The van der Waals surface area contributed by atoms with Crippen LogP contribution in [-0.4, -0.2) is 15.9 Å². The van der Waals surface area contributed by atoms with E-state index in [4.69, 9.17) is 32.0 Å². The quantitative estimate of drug-likeness (QED) is 0.309. The summed E-state index contributed by atoms with van der Waals surface area (Å²) in [6.45, 7) is 1.89. The molecule has 3 heterocycles. The summed E-state index contributed by atoms with van der Waals surface area (Å²) in [5, 5.41) is 3.74. The van der Waals surface area contributed by atoms with Crippen LogP contribution in [0.1, 0.15) is 16.1 Å². The first-order chi connectivity index (χ1) is 15.5. The van der Waals surface area contributed by atoms with Crippen molar-refractivity contribution in [2.45, 2.75) is 6.92 Å². The van der Waals surface area contributed by atoms with Crippen LogP contribution in [0.4, 0.5) is 5.69 Å². The number of nitrogens with zero attached hydrogens (tertiary/aromatic N) is 2.